The Balaban J connectivity index is 1.27. The number of hydrogen-bond donors (Lipinski definition) is 4. The zero-order valence-electron chi connectivity index (χ0n) is 23.7. The van der Waals surface area contributed by atoms with Gasteiger partial charge in [0.15, 0.2) is 0 Å². The maximum absolute atomic E-state index is 12.7. The molecule has 0 aliphatic carbocycles. The number of carboxylic acid groups (broad SMARTS) is 1. The number of amidine groups is 1. The van der Waals surface area contributed by atoms with Gasteiger partial charge in [-0.15, -0.1) is 0 Å². The second-order valence-corrected chi connectivity index (χ2v) is 11.5. The molecule has 1 aliphatic heterocycles. The molecule has 0 radical (unpaired) electrons. The summed E-state index contributed by atoms with van der Waals surface area (Å²) in [5.41, 5.74) is 9.74. The molecule has 3 aromatic rings. The lowest BCUT2D eigenvalue weighted by Crippen LogP contribution is -2.48. The van der Waals surface area contributed by atoms with E-state index in [9.17, 15) is 23.1 Å². The van der Waals surface area contributed by atoms with Crippen LogP contribution < -0.4 is 20.5 Å². The van der Waals surface area contributed by atoms with Crippen molar-refractivity contribution >= 4 is 33.4 Å². The van der Waals surface area contributed by atoms with Gasteiger partial charge < -0.3 is 25.7 Å². The number of aliphatic carboxylic acids is 1. The van der Waals surface area contributed by atoms with E-state index in [2.05, 4.69) is 20.2 Å². The first-order valence-corrected chi connectivity index (χ1v) is 14.9. The summed E-state index contributed by atoms with van der Waals surface area (Å²) < 4.78 is 32.9. The molecule has 0 unspecified atom stereocenters. The number of aliphatic imine (C=N–C) groups is 1. The quantitative estimate of drug-likeness (QED) is 0.169. The number of methoxy groups -OCH3 is 1. The molecule has 43 heavy (non-hydrogen) atoms. The zero-order valence-corrected chi connectivity index (χ0v) is 24.5. The summed E-state index contributed by atoms with van der Waals surface area (Å²) in [4.78, 5) is 34.1. The highest BCUT2D eigenvalue weighted by molar-refractivity contribution is 7.89. The number of nitrogens with two attached hydrogens (primary N) is 1. The summed E-state index contributed by atoms with van der Waals surface area (Å²) >= 11 is 0. The molecule has 226 valence electrons. The first-order valence-electron chi connectivity index (χ1n) is 13.4. The molecule has 3 aromatic carbocycles. The number of benzene rings is 3. The second kappa shape index (κ2) is 13.9. The van der Waals surface area contributed by atoms with Crippen molar-refractivity contribution in [2.24, 2.45) is 15.9 Å². The third-order valence-corrected chi connectivity index (χ3v) is 8.39. The molecule has 0 aromatic heterocycles. The highest BCUT2D eigenvalue weighted by Gasteiger charge is 2.29. The van der Waals surface area contributed by atoms with Gasteiger partial charge >= 0.3 is 5.97 Å². The van der Waals surface area contributed by atoms with Crippen LogP contribution in [0.2, 0.25) is 0 Å². The zero-order chi connectivity index (χ0) is 31.0. The molecule has 0 saturated heterocycles. The van der Waals surface area contributed by atoms with E-state index in [1.165, 1.54) is 6.07 Å². The summed E-state index contributed by atoms with van der Waals surface area (Å²) in [6.45, 7) is 1.53. The number of ether oxygens (including phenoxy) is 1. The lowest BCUT2D eigenvalue weighted by Gasteiger charge is -2.17. The van der Waals surface area contributed by atoms with Gasteiger partial charge in [0.25, 0.3) is 0 Å². The predicted molar refractivity (Wildman–Crippen MR) is 160 cm³/mol. The fourth-order valence-corrected chi connectivity index (χ4v) is 5.86. The molecule has 4 rings (SSSR count). The third kappa shape index (κ3) is 8.17. The van der Waals surface area contributed by atoms with E-state index in [0.29, 0.717) is 30.1 Å². The second-order valence-electron chi connectivity index (χ2n) is 9.85. The molecular formula is C30H33N5O7S. The molecule has 1 aliphatic rings. The van der Waals surface area contributed by atoms with Crippen molar-refractivity contribution in [1.82, 2.24) is 10.0 Å². The van der Waals surface area contributed by atoms with Crippen molar-refractivity contribution in [2.75, 3.05) is 13.7 Å². The number of sulfonamides is 1. The Labute approximate surface area is 249 Å². The van der Waals surface area contributed by atoms with Crippen LogP contribution in [0.25, 0.3) is 0 Å². The van der Waals surface area contributed by atoms with Gasteiger partial charge in [-0.2, -0.15) is 4.72 Å². The molecule has 12 nitrogen and oxygen atoms in total. The minimum Gasteiger partial charge on any atom is -0.496 e. The number of aryl methyl sites for hydroxylation is 1. The Morgan fingerprint density at radius 1 is 1.12 bits per heavy atom. The van der Waals surface area contributed by atoms with Crippen LogP contribution in [0.3, 0.4) is 0 Å². The summed E-state index contributed by atoms with van der Waals surface area (Å²) in [7, 11) is -2.51. The Morgan fingerprint density at radius 2 is 1.81 bits per heavy atom. The molecule has 0 spiro atoms. The monoisotopic (exact) mass is 607 g/mol. The molecule has 5 N–H and O–H groups in total. The Hall–Kier alpha value is -4.75. The molecule has 0 bridgehead atoms. The van der Waals surface area contributed by atoms with Crippen LogP contribution in [0.4, 0.5) is 0 Å². The Morgan fingerprint density at radius 3 is 2.51 bits per heavy atom. The van der Waals surface area contributed by atoms with Crippen molar-refractivity contribution in [2.45, 2.75) is 43.4 Å². The van der Waals surface area contributed by atoms with Gasteiger partial charge in [0.1, 0.15) is 23.7 Å². The minimum absolute atomic E-state index is 0.0348. The van der Waals surface area contributed by atoms with Crippen LogP contribution in [0.15, 0.2) is 87.8 Å². The van der Waals surface area contributed by atoms with Gasteiger partial charge in [0.2, 0.25) is 15.9 Å². The standard InChI is InChI=1S/C30H33N5O7S/c1-19-7-3-6-10-27(19)43(39,40)35-25(30(37)38)18-32-28(36)16-23-15-24(34-42-23)20-11-13-21(14-12-20)29(31)33-17-22-8-4-5-9-26(22)41-2/h3-14,23,25,35H,15-18H2,1-2H3,(H2,31,33)(H,32,36)(H,37,38)/t23-,25+/m1/s1. The lowest BCUT2D eigenvalue weighted by atomic mass is 10.0. The Kier molecular flexibility index (Phi) is 10.1. The van der Waals surface area contributed by atoms with Crippen molar-refractivity contribution < 1.29 is 32.7 Å². The van der Waals surface area contributed by atoms with Gasteiger partial charge in [-0.1, -0.05) is 65.8 Å². The number of nitrogens with zero attached hydrogens (tertiary/aromatic N) is 2. The summed E-state index contributed by atoms with van der Waals surface area (Å²) in [5, 5.41) is 16.1. The summed E-state index contributed by atoms with van der Waals surface area (Å²) in [5.74, 6) is -0.815. The largest absolute Gasteiger partial charge is 0.496 e. The highest BCUT2D eigenvalue weighted by atomic mass is 32.2. The van der Waals surface area contributed by atoms with E-state index in [1.807, 2.05) is 48.5 Å². The van der Waals surface area contributed by atoms with Gasteiger partial charge in [-0.25, -0.2) is 8.42 Å². The number of carbonyl (C=O) groups excluding carboxylic acids is 1. The van der Waals surface area contributed by atoms with Crippen molar-refractivity contribution in [1.29, 1.82) is 0 Å². The van der Waals surface area contributed by atoms with Gasteiger partial charge in [0.05, 0.1) is 30.7 Å². The normalized spacial score (nSPS) is 15.7. The molecule has 1 heterocycles. The van der Waals surface area contributed by atoms with Gasteiger partial charge in [-0.05, 0) is 30.2 Å². The number of hydrogen-bond acceptors (Lipinski definition) is 8. The molecular weight excluding hydrogens is 574 g/mol. The highest BCUT2D eigenvalue weighted by Crippen LogP contribution is 2.21. The number of oxime groups is 1. The van der Waals surface area contributed by atoms with E-state index in [4.69, 9.17) is 15.3 Å². The molecule has 0 fully saturated rings. The van der Waals surface area contributed by atoms with Crippen molar-refractivity contribution in [3.63, 3.8) is 0 Å². The average molecular weight is 608 g/mol. The van der Waals surface area contributed by atoms with Crippen LogP contribution >= 0.6 is 0 Å². The number of carbonyl (C=O) groups is 2. The van der Waals surface area contributed by atoms with Crippen LogP contribution in [0.5, 0.6) is 5.75 Å². The van der Waals surface area contributed by atoms with E-state index in [1.54, 1.807) is 32.2 Å². The van der Waals surface area contributed by atoms with Gasteiger partial charge in [0, 0.05) is 24.1 Å². The lowest BCUT2D eigenvalue weighted by molar-refractivity contribution is -0.139. The molecule has 1 amide bonds. The Bertz CT molecular complexity index is 1640. The minimum atomic E-state index is -4.12. The van der Waals surface area contributed by atoms with E-state index >= 15 is 0 Å². The van der Waals surface area contributed by atoms with Crippen LogP contribution in [0.1, 0.15) is 35.1 Å². The first-order chi connectivity index (χ1) is 20.6. The van der Waals surface area contributed by atoms with Crippen molar-refractivity contribution in [3.05, 3.63) is 95.1 Å². The fourth-order valence-electron chi connectivity index (χ4n) is 4.42. The van der Waals surface area contributed by atoms with E-state index in [0.717, 1.165) is 22.4 Å². The number of rotatable bonds is 13. The number of para-hydroxylation sites is 1. The number of amides is 1. The van der Waals surface area contributed by atoms with Crippen LogP contribution in [-0.2, 0) is 31.0 Å². The van der Waals surface area contributed by atoms with E-state index in [-0.39, 0.29) is 11.3 Å². The van der Waals surface area contributed by atoms with Crippen LogP contribution in [-0.4, -0.2) is 62.7 Å². The fraction of sp³-hybridized carbons (Fsp3) is 0.267. The smallest absolute Gasteiger partial charge is 0.323 e. The summed E-state index contributed by atoms with van der Waals surface area (Å²) in [6, 6.07) is 19.5. The van der Waals surface area contributed by atoms with Crippen LogP contribution in [0, 0.1) is 6.92 Å². The topological polar surface area (TPSA) is 182 Å². The SMILES string of the molecule is COc1ccccc1CN=C(N)c1ccc(C2=NO[C@@H](CC(=O)NC[C@H](NS(=O)(=O)c3ccccc3C)C(=O)O)C2)cc1. The molecule has 13 heteroatoms. The number of nitrogens with one attached hydrogen (secondary N) is 2. The number of carboxylic acids is 1. The van der Waals surface area contributed by atoms with Crippen molar-refractivity contribution in [3.8, 4) is 5.75 Å². The van der Waals surface area contributed by atoms with E-state index < -0.39 is 40.6 Å². The average Bonchev–Trinajstić information content (AvgIpc) is 3.46. The predicted octanol–water partition coefficient (Wildman–Crippen LogP) is 2.34. The van der Waals surface area contributed by atoms with Gasteiger partial charge in [-0.3, -0.25) is 14.6 Å². The summed E-state index contributed by atoms with van der Waals surface area (Å²) in [6.07, 6.45) is -0.300. The maximum Gasteiger partial charge on any atom is 0.323 e. The molecule has 0 saturated carbocycles. The maximum atomic E-state index is 12.7. The first kappa shape index (κ1) is 31.2. The molecule has 2 atom stereocenters. The third-order valence-electron chi connectivity index (χ3n) is 6.75.